The van der Waals surface area contributed by atoms with Crippen molar-refractivity contribution in [3.05, 3.63) is 16.3 Å². The number of nitrogens with zero attached hydrogens (tertiary/aromatic N) is 1. The standard InChI is InChI=1S/C12H17NO3S/c1-8-3-4-13(6-10(8)16-2)9-5-11(12(14)15)17-7-9/h5,7-8,10H,3-4,6H2,1-2H3,(H,14,15). The summed E-state index contributed by atoms with van der Waals surface area (Å²) in [7, 11) is 1.74. The zero-order valence-electron chi connectivity index (χ0n) is 10.0. The number of methoxy groups -OCH3 is 1. The summed E-state index contributed by atoms with van der Waals surface area (Å²) in [4.78, 5) is 13.4. The van der Waals surface area contributed by atoms with Gasteiger partial charge in [-0.05, 0) is 18.4 Å². The molecular formula is C12H17NO3S. The molecule has 17 heavy (non-hydrogen) atoms. The predicted molar refractivity (Wildman–Crippen MR) is 68.1 cm³/mol. The Balaban J connectivity index is 2.09. The van der Waals surface area contributed by atoms with Gasteiger partial charge in [-0.1, -0.05) is 6.92 Å². The van der Waals surface area contributed by atoms with Crippen molar-refractivity contribution in [1.29, 1.82) is 0 Å². The van der Waals surface area contributed by atoms with Gasteiger partial charge in [-0.2, -0.15) is 0 Å². The van der Waals surface area contributed by atoms with Gasteiger partial charge in [0, 0.05) is 31.3 Å². The Kier molecular flexibility index (Phi) is 3.69. The Morgan fingerprint density at radius 2 is 2.41 bits per heavy atom. The van der Waals surface area contributed by atoms with Gasteiger partial charge in [-0.3, -0.25) is 0 Å². The minimum absolute atomic E-state index is 0.233. The van der Waals surface area contributed by atoms with E-state index in [2.05, 4.69) is 11.8 Å². The smallest absolute Gasteiger partial charge is 0.345 e. The Morgan fingerprint density at radius 3 is 3.00 bits per heavy atom. The van der Waals surface area contributed by atoms with E-state index < -0.39 is 5.97 Å². The number of carbonyl (C=O) groups is 1. The summed E-state index contributed by atoms with van der Waals surface area (Å²) in [5.41, 5.74) is 1.00. The minimum Gasteiger partial charge on any atom is -0.477 e. The molecule has 0 aliphatic carbocycles. The summed E-state index contributed by atoms with van der Waals surface area (Å²) in [6.45, 7) is 4.01. The van der Waals surface area contributed by atoms with E-state index in [1.165, 1.54) is 11.3 Å². The molecule has 94 valence electrons. The van der Waals surface area contributed by atoms with E-state index in [-0.39, 0.29) is 6.10 Å². The average molecular weight is 255 g/mol. The molecule has 0 radical (unpaired) electrons. The van der Waals surface area contributed by atoms with Crippen molar-refractivity contribution >= 4 is 23.0 Å². The quantitative estimate of drug-likeness (QED) is 0.900. The maximum absolute atomic E-state index is 10.8. The summed E-state index contributed by atoms with van der Waals surface area (Å²) in [5.74, 6) is -0.288. The van der Waals surface area contributed by atoms with Crippen LogP contribution < -0.4 is 4.90 Å². The van der Waals surface area contributed by atoms with Crippen molar-refractivity contribution in [2.24, 2.45) is 5.92 Å². The summed E-state index contributed by atoms with van der Waals surface area (Å²) < 4.78 is 5.45. The molecule has 0 saturated carbocycles. The molecule has 2 unspecified atom stereocenters. The lowest BCUT2D eigenvalue weighted by Gasteiger charge is -2.37. The molecule has 2 heterocycles. The highest BCUT2D eigenvalue weighted by Gasteiger charge is 2.26. The third kappa shape index (κ3) is 2.61. The van der Waals surface area contributed by atoms with Crippen LogP contribution in [-0.2, 0) is 4.74 Å². The largest absolute Gasteiger partial charge is 0.477 e. The van der Waals surface area contributed by atoms with Crippen molar-refractivity contribution < 1.29 is 14.6 Å². The number of hydrogen-bond donors (Lipinski definition) is 1. The fraction of sp³-hybridized carbons (Fsp3) is 0.583. The second-order valence-corrected chi connectivity index (χ2v) is 5.37. The first-order valence-corrected chi connectivity index (χ1v) is 6.59. The zero-order valence-corrected chi connectivity index (χ0v) is 10.9. The van der Waals surface area contributed by atoms with Gasteiger partial charge in [0.05, 0.1) is 6.10 Å². The van der Waals surface area contributed by atoms with Gasteiger partial charge in [0.2, 0.25) is 0 Å². The van der Waals surface area contributed by atoms with Crippen LogP contribution in [0.4, 0.5) is 5.69 Å². The van der Waals surface area contributed by atoms with E-state index in [4.69, 9.17) is 9.84 Å². The van der Waals surface area contributed by atoms with Gasteiger partial charge < -0.3 is 14.7 Å². The number of carboxylic acids is 1. The number of rotatable bonds is 3. The molecule has 1 aromatic heterocycles. The molecule has 0 spiro atoms. The predicted octanol–water partition coefficient (Wildman–Crippen LogP) is 2.31. The molecule has 1 N–H and O–H groups in total. The van der Waals surface area contributed by atoms with Crippen LogP contribution in [0.25, 0.3) is 0 Å². The second-order valence-electron chi connectivity index (χ2n) is 4.46. The van der Waals surface area contributed by atoms with Gasteiger partial charge in [0.1, 0.15) is 4.88 Å². The summed E-state index contributed by atoms with van der Waals surface area (Å²) in [6.07, 6.45) is 1.31. The van der Waals surface area contributed by atoms with Crippen molar-refractivity contribution in [2.75, 3.05) is 25.1 Å². The highest BCUT2D eigenvalue weighted by Crippen LogP contribution is 2.28. The first-order valence-electron chi connectivity index (χ1n) is 5.71. The van der Waals surface area contributed by atoms with Crippen LogP contribution in [0.5, 0.6) is 0 Å². The van der Waals surface area contributed by atoms with Gasteiger partial charge in [-0.25, -0.2) is 4.79 Å². The lowest BCUT2D eigenvalue weighted by molar-refractivity contribution is 0.0498. The summed E-state index contributed by atoms with van der Waals surface area (Å²) in [5, 5.41) is 10.8. The van der Waals surface area contributed by atoms with Gasteiger partial charge in [-0.15, -0.1) is 11.3 Å². The second kappa shape index (κ2) is 5.06. The Morgan fingerprint density at radius 1 is 1.65 bits per heavy atom. The number of anilines is 1. The average Bonchev–Trinajstić information content (AvgIpc) is 2.79. The fourth-order valence-electron chi connectivity index (χ4n) is 2.18. The Hall–Kier alpha value is -1.07. The highest BCUT2D eigenvalue weighted by molar-refractivity contribution is 7.12. The van der Waals surface area contributed by atoms with Crippen LogP contribution in [0.3, 0.4) is 0 Å². The third-order valence-corrected chi connectivity index (χ3v) is 4.26. The van der Waals surface area contributed by atoms with E-state index in [1.54, 1.807) is 13.2 Å². The minimum atomic E-state index is -0.852. The topological polar surface area (TPSA) is 49.8 Å². The normalized spacial score (nSPS) is 24.9. The number of aromatic carboxylic acids is 1. The first-order chi connectivity index (χ1) is 8.11. The van der Waals surface area contributed by atoms with Crippen molar-refractivity contribution in [3.63, 3.8) is 0 Å². The molecule has 1 fully saturated rings. The summed E-state index contributed by atoms with van der Waals surface area (Å²) >= 11 is 1.28. The molecule has 2 rings (SSSR count). The molecule has 4 nitrogen and oxygen atoms in total. The van der Waals surface area contributed by atoms with E-state index in [9.17, 15) is 4.79 Å². The van der Waals surface area contributed by atoms with Crippen LogP contribution in [0.1, 0.15) is 23.0 Å². The van der Waals surface area contributed by atoms with Crippen LogP contribution in [0.15, 0.2) is 11.4 Å². The molecule has 5 heteroatoms. The van der Waals surface area contributed by atoms with Gasteiger partial charge in [0.25, 0.3) is 0 Å². The summed E-state index contributed by atoms with van der Waals surface area (Å²) in [6, 6.07) is 1.75. The van der Waals surface area contributed by atoms with E-state index >= 15 is 0 Å². The number of ether oxygens (including phenoxy) is 1. The lowest BCUT2D eigenvalue weighted by Crippen LogP contribution is -2.43. The Bertz CT molecular complexity index is 404. The molecule has 1 saturated heterocycles. The van der Waals surface area contributed by atoms with Crippen LogP contribution in [-0.4, -0.2) is 37.4 Å². The molecule has 1 aliphatic heterocycles. The maximum Gasteiger partial charge on any atom is 0.345 e. The Labute approximate surface area is 105 Å². The zero-order chi connectivity index (χ0) is 12.4. The number of hydrogen-bond acceptors (Lipinski definition) is 4. The molecular weight excluding hydrogens is 238 g/mol. The van der Waals surface area contributed by atoms with E-state index in [0.29, 0.717) is 10.8 Å². The van der Waals surface area contributed by atoms with Crippen LogP contribution in [0, 0.1) is 5.92 Å². The first kappa shape index (κ1) is 12.4. The third-order valence-electron chi connectivity index (χ3n) is 3.35. The molecule has 0 aromatic carbocycles. The van der Waals surface area contributed by atoms with Crippen molar-refractivity contribution in [3.8, 4) is 0 Å². The molecule has 0 amide bonds. The van der Waals surface area contributed by atoms with E-state index in [1.807, 2.05) is 5.38 Å². The van der Waals surface area contributed by atoms with Gasteiger partial charge >= 0.3 is 5.97 Å². The van der Waals surface area contributed by atoms with Crippen molar-refractivity contribution in [2.45, 2.75) is 19.4 Å². The SMILES string of the molecule is COC1CN(c2csc(C(=O)O)c2)CCC1C. The number of piperidine rings is 1. The molecule has 1 aliphatic rings. The monoisotopic (exact) mass is 255 g/mol. The number of carboxylic acid groups (broad SMARTS) is 1. The number of thiophene rings is 1. The van der Waals surface area contributed by atoms with Gasteiger partial charge in [0.15, 0.2) is 0 Å². The van der Waals surface area contributed by atoms with Crippen LogP contribution >= 0.6 is 11.3 Å². The molecule has 2 atom stereocenters. The fourth-order valence-corrected chi connectivity index (χ4v) is 2.93. The van der Waals surface area contributed by atoms with Crippen molar-refractivity contribution in [1.82, 2.24) is 0 Å². The molecule has 0 bridgehead atoms. The molecule has 1 aromatic rings. The highest BCUT2D eigenvalue weighted by atomic mass is 32.1. The van der Waals surface area contributed by atoms with E-state index in [0.717, 1.165) is 25.2 Å². The maximum atomic E-state index is 10.8. The van der Waals surface area contributed by atoms with Crippen LogP contribution in [0.2, 0.25) is 0 Å². The lowest BCUT2D eigenvalue weighted by atomic mass is 9.95.